The summed E-state index contributed by atoms with van der Waals surface area (Å²) in [5, 5.41) is 13.2. The van der Waals surface area contributed by atoms with Crippen LogP contribution in [0, 0.1) is 0 Å². The predicted octanol–water partition coefficient (Wildman–Crippen LogP) is 1.24. The van der Waals surface area contributed by atoms with Crippen molar-refractivity contribution in [2.75, 3.05) is 19.6 Å². The van der Waals surface area contributed by atoms with Gasteiger partial charge in [0.25, 0.3) is 11.5 Å². The van der Waals surface area contributed by atoms with Crippen LogP contribution in [-0.4, -0.2) is 60.6 Å². The smallest absolute Gasteiger partial charge is 0.271 e. The number of carbonyl (C=O) groups is 1. The number of amides is 1. The van der Waals surface area contributed by atoms with Crippen molar-refractivity contribution in [3.8, 4) is 11.3 Å². The molecule has 0 saturated carbocycles. The summed E-state index contributed by atoms with van der Waals surface area (Å²) in [4.78, 5) is 35.5. The molecule has 1 aromatic carbocycles. The summed E-state index contributed by atoms with van der Waals surface area (Å²) in [6.45, 7) is 2.32. The lowest BCUT2D eigenvalue weighted by molar-refractivity contribution is 0.0838. The SMILES string of the molecule is Cn1ccc(-c2cn3cc(C(=O)NC[C@H](O)CN4CCc5ccccc5C4)nc3cn2)cc1=O. The molecular weight excluding hydrogens is 432 g/mol. The third kappa shape index (κ3) is 4.61. The number of benzene rings is 1. The van der Waals surface area contributed by atoms with Crippen molar-refractivity contribution < 1.29 is 9.90 Å². The fourth-order valence-corrected chi connectivity index (χ4v) is 4.24. The topological polar surface area (TPSA) is 105 Å². The molecular formula is C25H26N6O3. The van der Waals surface area contributed by atoms with Gasteiger partial charge in [-0.1, -0.05) is 24.3 Å². The normalized spacial score (nSPS) is 14.6. The van der Waals surface area contributed by atoms with E-state index in [2.05, 4.69) is 38.4 Å². The highest BCUT2D eigenvalue weighted by molar-refractivity contribution is 5.92. The molecule has 34 heavy (non-hydrogen) atoms. The molecule has 0 spiro atoms. The van der Waals surface area contributed by atoms with Crippen molar-refractivity contribution in [2.45, 2.75) is 19.1 Å². The number of aliphatic hydroxyl groups is 1. The molecule has 4 aromatic rings. The summed E-state index contributed by atoms with van der Waals surface area (Å²) in [6.07, 6.45) is 6.88. The Hall–Kier alpha value is -3.82. The van der Waals surface area contributed by atoms with Crippen LogP contribution in [0.2, 0.25) is 0 Å². The first-order valence-corrected chi connectivity index (χ1v) is 11.2. The number of hydrogen-bond donors (Lipinski definition) is 2. The maximum Gasteiger partial charge on any atom is 0.271 e. The molecule has 3 aromatic heterocycles. The van der Waals surface area contributed by atoms with Gasteiger partial charge in [-0.3, -0.25) is 19.5 Å². The second-order valence-electron chi connectivity index (χ2n) is 8.65. The summed E-state index contributed by atoms with van der Waals surface area (Å²) in [6, 6.07) is 11.7. The molecule has 174 valence electrons. The van der Waals surface area contributed by atoms with E-state index in [1.165, 1.54) is 21.8 Å². The summed E-state index contributed by atoms with van der Waals surface area (Å²) in [5.74, 6) is -0.359. The zero-order chi connectivity index (χ0) is 23.7. The van der Waals surface area contributed by atoms with Gasteiger partial charge in [0, 0.05) is 63.4 Å². The van der Waals surface area contributed by atoms with Crippen LogP contribution >= 0.6 is 0 Å². The Kier molecular flexibility index (Phi) is 5.95. The zero-order valence-electron chi connectivity index (χ0n) is 18.9. The van der Waals surface area contributed by atoms with Crippen molar-refractivity contribution in [2.24, 2.45) is 7.05 Å². The van der Waals surface area contributed by atoms with E-state index in [1.54, 1.807) is 36.2 Å². The Morgan fingerprint density at radius 2 is 2.03 bits per heavy atom. The molecule has 1 aliphatic rings. The van der Waals surface area contributed by atoms with Gasteiger partial charge in [-0.25, -0.2) is 4.98 Å². The lowest BCUT2D eigenvalue weighted by Crippen LogP contribution is -2.42. The molecule has 2 N–H and O–H groups in total. The molecule has 0 bridgehead atoms. The zero-order valence-corrected chi connectivity index (χ0v) is 18.9. The average molecular weight is 459 g/mol. The Bertz CT molecular complexity index is 1410. The molecule has 9 nitrogen and oxygen atoms in total. The Morgan fingerprint density at radius 3 is 2.85 bits per heavy atom. The standard InChI is InChI=1S/C25H26N6O3/c1-29-8-6-18(10-24(29)33)21-15-31-16-22(28-23(31)12-26-21)25(34)27-11-20(32)14-30-9-7-17-4-2-3-5-19(17)13-30/h2-6,8,10,12,15-16,20,32H,7,9,11,13-14H2,1H3,(H,27,34)/t20-/m0/s1. The van der Waals surface area contributed by atoms with E-state index in [4.69, 9.17) is 0 Å². The fourth-order valence-electron chi connectivity index (χ4n) is 4.24. The largest absolute Gasteiger partial charge is 0.390 e. The molecule has 0 saturated heterocycles. The molecule has 0 unspecified atom stereocenters. The van der Waals surface area contributed by atoms with Gasteiger partial charge in [0.1, 0.15) is 5.69 Å². The van der Waals surface area contributed by atoms with Crippen LogP contribution in [0.4, 0.5) is 0 Å². The highest BCUT2D eigenvalue weighted by Gasteiger charge is 2.19. The first-order chi connectivity index (χ1) is 16.5. The van der Waals surface area contributed by atoms with E-state index in [9.17, 15) is 14.7 Å². The highest BCUT2D eigenvalue weighted by atomic mass is 16.3. The minimum atomic E-state index is -0.680. The van der Waals surface area contributed by atoms with Crippen molar-refractivity contribution in [1.82, 2.24) is 29.2 Å². The molecule has 9 heteroatoms. The molecule has 1 aliphatic heterocycles. The van der Waals surface area contributed by atoms with E-state index in [-0.39, 0.29) is 23.7 Å². The third-order valence-corrected chi connectivity index (χ3v) is 6.15. The van der Waals surface area contributed by atoms with Crippen LogP contribution in [0.5, 0.6) is 0 Å². The molecule has 0 fully saturated rings. The number of nitrogens with one attached hydrogen (secondary N) is 1. The van der Waals surface area contributed by atoms with E-state index in [1.807, 2.05) is 12.1 Å². The van der Waals surface area contributed by atoms with Crippen LogP contribution in [0.15, 0.2) is 66.0 Å². The minimum absolute atomic E-state index is 0.127. The van der Waals surface area contributed by atoms with Gasteiger partial charge >= 0.3 is 0 Å². The summed E-state index contributed by atoms with van der Waals surface area (Å²) in [5.41, 5.74) is 4.57. The maximum absolute atomic E-state index is 12.6. The van der Waals surface area contributed by atoms with E-state index < -0.39 is 6.10 Å². The minimum Gasteiger partial charge on any atom is -0.390 e. The number of imidazole rings is 1. The second-order valence-corrected chi connectivity index (χ2v) is 8.65. The number of aryl methyl sites for hydroxylation is 1. The maximum atomic E-state index is 12.6. The molecule has 5 rings (SSSR count). The van der Waals surface area contributed by atoms with Gasteiger partial charge in [-0.15, -0.1) is 0 Å². The van der Waals surface area contributed by atoms with Gasteiger partial charge in [0.2, 0.25) is 0 Å². The first kappa shape index (κ1) is 22.0. The number of pyridine rings is 1. The number of nitrogens with zero attached hydrogens (tertiary/aromatic N) is 5. The highest BCUT2D eigenvalue weighted by Crippen LogP contribution is 2.19. The lowest BCUT2D eigenvalue weighted by Gasteiger charge is -2.30. The van der Waals surface area contributed by atoms with Gasteiger partial charge in [0.15, 0.2) is 5.65 Å². The molecule has 1 amide bonds. The van der Waals surface area contributed by atoms with Crippen molar-refractivity contribution in [3.05, 3.63) is 88.4 Å². The molecule has 0 radical (unpaired) electrons. The average Bonchev–Trinajstić information content (AvgIpc) is 3.28. The third-order valence-electron chi connectivity index (χ3n) is 6.15. The number of hydrogen-bond acceptors (Lipinski definition) is 6. The van der Waals surface area contributed by atoms with Gasteiger partial charge in [0.05, 0.1) is 18.0 Å². The molecule has 0 aliphatic carbocycles. The Labute approximate surface area is 196 Å². The number of carbonyl (C=O) groups excluding carboxylic acids is 1. The molecule has 1 atom stereocenters. The van der Waals surface area contributed by atoms with Crippen molar-refractivity contribution >= 4 is 11.6 Å². The van der Waals surface area contributed by atoms with Crippen LogP contribution in [0.1, 0.15) is 21.6 Å². The monoisotopic (exact) mass is 458 g/mol. The van der Waals surface area contributed by atoms with E-state index in [0.717, 1.165) is 19.5 Å². The fraction of sp³-hybridized carbons (Fsp3) is 0.280. The van der Waals surface area contributed by atoms with E-state index in [0.29, 0.717) is 23.4 Å². The Morgan fingerprint density at radius 1 is 1.21 bits per heavy atom. The quantitative estimate of drug-likeness (QED) is 0.451. The molecule has 4 heterocycles. The van der Waals surface area contributed by atoms with Crippen LogP contribution in [0.3, 0.4) is 0 Å². The van der Waals surface area contributed by atoms with Gasteiger partial charge < -0.3 is 19.4 Å². The van der Waals surface area contributed by atoms with Crippen LogP contribution in [-0.2, 0) is 20.0 Å². The van der Waals surface area contributed by atoms with Crippen LogP contribution < -0.4 is 10.9 Å². The van der Waals surface area contributed by atoms with Crippen molar-refractivity contribution in [3.63, 3.8) is 0 Å². The first-order valence-electron chi connectivity index (χ1n) is 11.2. The number of fused-ring (bicyclic) bond motifs is 2. The summed E-state index contributed by atoms with van der Waals surface area (Å²) < 4.78 is 3.19. The number of aromatic nitrogens is 4. The van der Waals surface area contributed by atoms with Crippen LogP contribution in [0.25, 0.3) is 16.9 Å². The number of β-amino-alcohol motifs (C(OH)–C–C–N with tert-alkyl or cyclic N) is 1. The summed E-state index contributed by atoms with van der Waals surface area (Å²) >= 11 is 0. The predicted molar refractivity (Wildman–Crippen MR) is 127 cm³/mol. The van der Waals surface area contributed by atoms with Gasteiger partial charge in [-0.2, -0.15) is 0 Å². The second kappa shape index (κ2) is 9.20. The van der Waals surface area contributed by atoms with E-state index >= 15 is 0 Å². The lowest BCUT2D eigenvalue weighted by atomic mass is 10.00. The van der Waals surface area contributed by atoms with Gasteiger partial charge in [-0.05, 0) is 23.6 Å². The Balaban J connectivity index is 1.20. The number of aliphatic hydroxyl groups excluding tert-OH is 1. The number of rotatable bonds is 6. The van der Waals surface area contributed by atoms with Crippen molar-refractivity contribution in [1.29, 1.82) is 0 Å². The summed E-state index contributed by atoms with van der Waals surface area (Å²) in [7, 11) is 1.69.